The van der Waals surface area contributed by atoms with Crippen LogP contribution in [0, 0.1) is 0 Å². The van der Waals surface area contributed by atoms with Crippen LogP contribution >= 0.6 is 0 Å². The number of amides is 1. The van der Waals surface area contributed by atoms with Crippen LogP contribution in [-0.4, -0.2) is 53.1 Å². The first kappa shape index (κ1) is 14.6. The predicted octanol–water partition coefficient (Wildman–Crippen LogP) is 1.93. The van der Waals surface area contributed by atoms with Crippen LogP contribution < -0.4 is 0 Å². The molecule has 5 nitrogen and oxygen atoms in total. The lowest BCUT2D eigenvalue weighted by Crippen LogP contribution is -2.60. The van der Waals surface area contributed by atoms with Crippen LogP contribution in [0.4, 0.5) is 4.79 Å². The molecule has 0 aromatic carbocycles. The molecule has 2 aliphatic rings. The third-order valence-corrected chi connectivity index (χ3v) is 3.95. The van der Waals surface area contributed by atoms with Crippen LogP contribution in [-0.2, 0) is 9.47 Å². The van der Waals surface area contributed by atoms with Gasteiger partial charge in [-0.05, 0) is 46.5 Å². The first-order valence-corrected chi connectivity index (χ1v) is 7.09. The normalized spacial score (nSPS) is 27.4. The van der Waals surface area contributed by atoms with E-state index in [1.165, 1.54) is 0 Å². The Bertz CT molecular complexity index is 331. The Balaban J connectivity index is 2.14. The van der Waals surface area contributed by atoms with E-state index in [4.69, 9.17) is 9.47 Å². The molecule has 0 saturated carbocycles. The molecule has 0 bridgehead atoms. The van der Waals surface area contributed by atoms with Gasteiger partial charge in [0.05, 0.1) is 18.2 Å². The van der Waals surface area contributed by atoms with Gasteiger partial charge in [0.15, 0.2) is 0 Å². The van der Waals surface area contributed by atoms with E-state index in [1.54, 1.807) is 4.90 Å². The van der Waals surface area contributed by atoms with Gasteiger partial charge in [0.1, 0.15) is 5.60 Å². The molecule has 1 unspecified atom stereocenters. The van der Waals surface area contributed by atoms with Crippen molar-refractivity contribution in [3.05, 3.63) is 0 Å². The molecule has 0 aromatic rings. The minimum atomic E-state index is -0.508. The molecule has 2 saturated heterocycles. The van der Waals surface area contributed by atoms with Crippen molar-refractivity contribution in [1.82, 2.24) is 4.90 Å². The number of aliphatic hydroxyl groups is 1. The van der Waals surface area contributed by atoms with E-state index in [2.05, 4.69) is 0 Å². The quantitative estimate of drug-likeness (QED) is 0.731. The van der Waals surface area contributed by atoms with Crippen LogP contribution in [0.3, 0.4) is 0 Å². The number of hydrogen-bond donors (Lipinski definition) is 1. The summed E-state index contributed by atoms with van der Waals surface area (Å²) in [6.45, 7) is 7.31. The maximum Gasteiger partial charge on any atom is 0.410 e. The van der Waals surface area contributed by atoms with Gasteiger partial charge in [-0.15, -0.1) is 0 Å². The highest BCUT2D eigenvalue weighted by Gasteiger charge is 2.46. The molecular weight excluding hydrogens is 246 g/mol. The van der Waals surface area contributed by atoms with Crippen molar-refractivity contribution in [2.45, 2.75) is 63.7 Å². The largest absolute Gasteiger partial charge is 0.444 e. The van der Waals surface area contributed by atoms with E-state index < -0.39 is 11.7 Å². The first-order valence-electron chi connectivity index (χ1n) is 7.09. The number of ether oxygens (including phenoxy) is 2. The molecule has 1 N–H and O–H groups in total. The Morgan fingerprint density at radius 1 is 1.32 bits per heavy atom. The van der Waals surface area contributed by atoms with Crippen molar-refractivity contribution in [2.24, 2.45) is 0 Å². The standard InChI is InChI=1S/C14H25NO4/c1-13(2,3)19-12(17)15-10-11(16)4-5-14(15)6-8-18-9-7-14/h11,16H,4-10H2,1-3H3. The lowest BCUT2D eigenvalue weighted by Gasteiger charge is -2.50. The summed E-state index contributed by atoms with van der Waals surface area (Å²) in [6, 6.07) is 0. The molecule has 19 heavy (non-hydrogen) atoms. The Kier molecular flexibility index (Phi) is 4.06. The fourth-order valence-corrected chi connectivity index (χ4v) is 2.92. The maximum atomic E-state index is 12.4. The van der Waals surface area contributed by atoms with E-state index in [9.17, 15) is 9.90 Å². The lowest BCUT2D eigenvalue weighted by atomic mass is 9.80. The number of rotatable bonds is 0. The fourth-order valence-electron chi connectivity index (χ4n) is 2.92. The molecule has 1 atom stereocenters. The predicted molar refractivity (Wildman–Crippen MR) is 71.0 cm³/mol. The number of carbonyl (C=O) groups excluding carboxylic acids is 1. The highest BCUT2D eigenvalue weighted by molar-refractivity contribution is 5.69. The van der Waals surface area contributed by atoms with Gasteiger partial charge in [-0.3, -0.25) is 4.90 Å². The van der Waals surface area contributed by atoms with Crippen molar-refractivity contribution >= 4 is 6.09 Å². The average molecular weight is 271 g/mol. The molecule has 2 heterocycles. The summed E-state index contributed by atoms with van der Waals surface area (Å²) in [5.74, 6) is 0. The molecule has 1 spiro atoms. The van der Waals surface area contributed by atoms with Gasteiger partial charge in [0.25, 0.3) is 0 Å². The van der Waals surface area contributed by atoms with Crippen LogP contribution in [0.5, 0.6) is 0 Å². The van der Waals surface area contributed by atoms with Crippen LogP contribution in [0.25, 0.3) is 0 Å². The Hall–Kier alpha value is -0.810. The van der Waals surface area contributed by atoms with E-state index in [0.29, 0.717) is 19.8 Å². The van der Waals surface area contributed by atoms with Crippen LogP contribution in [0.2, 0.25) is 0 Å². The highest BCUT2D eigenvalue weighted by Crippen LogP contribution is 2.37. The molecule has 2 fully saturated rings. The van der Waals surface area contributed by atoms with Crippen molar-refractivity contribution in [2.75, 3.05) is 19.8 Å². The van der Waals surface area contributed by atoms with E-state index in [0.717, 1.165) is 25.7 Å². The van der Waals surface area contributed by atoms with Gasteiger partial charge < -0.3 is 14.6 Å². The maximum absolute atomic E-state index is 12.4. The van der Waals surface area contributed by atoms with E-state index >= 15 is 0 Å². The number of piperidine rings is 1. The number of likely N-dealkylation sites (tertiary alicyclic amines) is 1. The summed E-state index contributed by atoms with van der Waals surface area (Å²) in [5, 5.41) is 9.86. The molecule has 2 rings (SSSR count). The summed E-state index contributed by atoms with van der Waals surface area (Å²) in [6.07, 6.45) is 2.49. The number of β-amino-alcohol motifs (C(OH)–C–C–N with tert-alkyl or cyclic N) is 1. The SMILES string of the molecule is CC(C)(C)OC(=O)N1CC(O)CCC12CCOCC2. The zero-order valence-corrected chi connectivity index (χ0v) is 12.1. The summed E-state index contributed by atoms with van der Waals surface area (Å²) in [4.78, 5) is 14.1. The van der Waals surface area contributed by atoms with E-state index in [1.807, 2.05) is 20.8 Å². The summed E-state index contributed by atoms with van der Waals surface area (Å²) >= 11 is 0. The van der Waals surface area contributed by atoms with Gasteiger partial charge >= 0.3 is 6.09 Å². The highest BCUT2D eigenvalue weighted by atomic mass is 16.6. The fraction of sp³-hybridized carbons (Fsp3) is 0.929. The van der Waals surface area contributed by atoms with Crippen molar-refractivity contribution in [1.29, 1.82) is 0 Å². The number of hydrogen-bond acceptors (Lipinski definition) is 4. The second-order valence-corrected chi connectivity index (χ2v) is 6.62. The molecule has 5 heteroatoms. The molecule has 0 radical (unpaired) electrons. The van der Waals surface area contributed by atoms with Crippen molar-refractivity contribution < 1.29 is 19.4 Å². The molecule has 1 amide bonds. The Morgan fingerprint density at radius 3 is 2.53 bits per heavy atom. The Morgan fingerprint density at radius 2 is 1.95 bits per heavy atom. The van der Waals surface area contributed by atoms with Gasteiger partial charge in [-0.2, -0.15) is 0 Å². The van der Waals surface area contributed by atoms with Gasteiger partial charge in [-0.25, -0.2) is 4.79 Å². The zero-order valence-electron chi connectivity index (χ0n) is 12.1. The van der Waals surface area contributed by atoms with Gasteiger partial charge in [0.2, 0.25) is 0 Å². The molecule has 0 aliphatic carbocycles. The summed E-state index contributed by atoms with van der Waals surface area (Å²) in [7, 11) is 0. The summed E-state index contributed by atoms with van der Waals surface area (Å²) < 4.78 is 10.9. The minimum Gasteiger partial charge on any atom is -0.444 e. The monoisotopic (exact) mass is 271 g/mol. The second kappa shape index (κ2) is 5.29. The first-order chi connectivity index (χ1) is 8.82. The molecule has 0 aromatic heterocycles. The minimum absolute atomic E-state index is 0.181. The lowest BCUT2D eigenvalue weighted by molar-refractivity contribution is -0.0827. The number of aliphatic hydroxyl groups excluding tert-OH is 1. The van der Waals surface area contributed by atoms with Crippen LogP contribution in [0.1, 0.15) is 46.5 Å². The Labute approximate surface area is 114 Å². The average Bonchev–Trinajstić information content (AvgIpc) is 2.31. The van der Waals surface area contributed by atoms with Crippen molar-refractivity contribution in [3.8, 4) is 0 Å². The number of carbonyl (C=O) groups is 1. The molecular formula is C14H25NO4. The zero-order chi connectivity index (χ0) is 14.1. The third-order valence-electron chi connectivity index (χ3n) is 3.95. The van der Waals surface area contributed by atoms with Crippen molar-refractivity contribution in [3.63, 3.8) is 0 Å². The molecule has 2 aliphatic heterocycles. The van der Waals surface area contributed by atoms with E-state index in [-0.39, 0.29) is 11.6 Å². The molecule has 110 valence electrons. The smallest absolute Gasteiger partial charge is 0.410 e. The van der Waals surface area contributed by atoms with Gasteiger partial charge in [0, 0.05) is 13.2 Å². The topological polar surface area (TPSA) is 59.0 Å². The number of nitrogens with zero attached hydrogens (tertiary/aromatic N) is 1. The van der Waals surface area contributed by atoms with Crippen LogP contribution in [0.15, 0.2) is 0 Å². The second-order valence-electron chi connectivity index (χ2n) is 6.62. The third kappa shape index (κ3) is 3.39. The summed E-state index contributed by atoms with van der Waals surface area (Å²) in [5.41, 5.74) is -0.689. The van der Waals surface area contributed by atoms with Gasteiger partial charge in [-0.1, -0.05) is 0 Å².